The number of hydrazine groups is 1. The second kappa shape index (κ2) is 7.93. The van der Waals surface area contributed by atoms with E-state index in [1.807, 2.05) is 0 Å². The maximum absolute atomic E-state index is 13.1. The topological polar surface area (TPSA) is 129 Å². The molecule has 1 heterocycles. The third-order valence-electron chi connectivity index (χ3n) is 4.15. The van der Waals surface area contributed by atoms with Gasteiger partial charge in [-0.15, -0.1) is 0 Å². The number of carboxylic acid groups (broad SMARTS) is 1. The highest BCUT2D eigenvalue weighted by Gasteiger charge is 2.21. The summed E-state index contributed by atoms with van der Waals surface area (Å²) in [6, 6.07) is 8.45. The van der Waals surface area contributed by atoms with E-state index in [1.165, 1.54) is 25.3 Å². The number of fused-ring (bicyclic) bond motifs is 1. The van der Waals surface area contributed by atoms with Crippen molar-refractivity contribution in [3.63, 3.8) is 0 Å². The number of phenols is 1. The summed E-state index contributed by atoms with van der Waals surface area (Å²) >= 11 is 0. The zero-order chi connectivity index (χ0) is 21.1. The van der Waals surface area contributed by atoms with Crippen LogP contribution in [0.5, 0.6) is 5.75 Å². The second-order valence-electron chi connectivity index (χ2n) is 6.30. The largest absolute Gasteiger partial charge is 0.505 e. The minimum absolute atomic E-state index is 0.0688. The fourth-order valence-corrected chi connectivity index (χ4v) is 2.82. The van der Waals surface area contributed by atoms with Crippen LogP contribution in [0.25, 0.3) is 10.9 Å². The van der Waals surface area contributed by atoms with Crippen LogP contribution in [0.3, 0.4) is 0 Å². The van der Waals surface area contributed by atoms with Gasteiger partial charge in [-0.25, -0.2) is 9.18 Å². The molecule has 0 aliphatic rings. The standard InChI is InChI=1S/C20H16FN3O5/c1-10(25)23-24-19(27)15-8-16(20(28)29)18(26)17-14(15)7-12(9-22-17)6-11-2-4-13(21)5-3-11/h2-5,7-9,26H,6H2,1H3,(H,23,25)(H,24,27)(H,28,29). The van der Waals surface area contributed by atoms with Gasteiger partial charge in [-0.1, -0.05) is 12.1 Å². The van der Waals surface area contributed by atoms with Crippen molar-refractivity contribution in [3.05, 3.63) is 70.7 Å². The maximum atomic E-state index is 13.1. The van der Waals surface area contributed by atoms with Crippen LogP contribution < -0.4 is 10.9 Å². The van der Waals surface area contributed by atoms with Gasteiger partial charge in [-0.2, -0.15) is 0 Å². The Morgan fingerprint density at radius 3 is 2.34 bits per heavy atom. The summed E-state index contributed by atoms with van der Waals surface area (Å²) in [4.78, 5) is 39.1. The van der Waals surface area contributed by atoms with Gasteiger partial charge in [0, 0.05) is 18.5 Å². The Morgan fingerprint density at radius 1 is 1.03 bits per heavy atom. The van der Waals surface area contributed by atoms with E-state index in [4.69, 9.17) is 0 Å². The number of carboxylic acids is 1. The predicted octanol–water partition coefficient (Wildman–Crippen LogP) is 2.15. The summed E-state index contributed by atoms with van der Waals surface area (Å²) in [5, 5.41) is 19.8. The van der Waals surface area contributed by atoms with E-state index in [9.17, 15) is 29.0 Å². The van der Waals surface area contributed by atoms with E-state index in [1.54, 1.807) is 18.2 Å². The summed E-state index contributed by atoms with van der Waals surface area (Å²) < 4.78 is 13.1. The molecule has 4 N–H and O–H groups in total. The first-order chi connectivity index (χ1) is 13.8. The van der Waals surface area contributed by atoms with Gasteiger partial charge >= 0.3 is 5.97 Å². The van der Waals surface area contributed by atoms with Gasteiger partial charge in [0.15, 0.2) is 5.75 Å². The van der Waals surface area contributed by atoms with Gasteiger partial charge in [-0.3, -0.25) is 25.4 Å². The number of hydrogen-bond donors (Lipinski definition) is 4. The number of halogens is 1. The highest BCUT2D eigenvalue weighted by molar-refractivity contribution is 6.11. The number of aromatic carboxylic acids is 1. The lowest BCUT2D eigenvalue weighted by molar-refractivity contribution is -0.119. The van der Waals surface area contributed by atoms with E-state index < -0.39 is 29.1 Å². The molecule has 8 nitrogen and oxygen atoms in total. The molecule has 2 amide bonds. The lowest BCUT2D eigenvalue weighted by Crippen LogP contribution is -2.40. The Hall–Kier alpha value is -4.01. The molecule has 2 aromatic carbocycles. The summed E-state index contributed by atoms with van der Waals surface area (Å²) in [6.45, 7) is 1.19. The number of aromatic hydroxyl groups is 1. The Morgan fingerprint density at radius 2 is 1.72 bits per heavy atom. The Labute approximate surface area is 164 Å². The fourth-order valence-electron chi connectivity index (χ4n) is 2.82. The summed E-state index contributed by atoms with van der Waals surface area (Å²) in [7, 11) is 0. The van der Waals surface area contributed by atoms with Crippen LogP contribution in [0.1, 0.15) is 38.8 Å². The van der Waals surface area contributed by atoms with Crippen LogP contribution in [-0.4, -0.2) is 33.0 Å². The fraction of sp³-hybridized carbons (Fsp3) is 0.100. The molecule has 1 aromatic heterocycles. The lowest BCUT2D eigenvalue weighted by Gasteiger charge is -2.12. The third kappa shape index (κ3) is 4.29. The molecule has 0 spiro atoms. The van der Waals surface area contributed by atoms with Crippen LogP contribution in [0.4, 0.5) is 4.39 Å². The maximum Gasteiger partial charge on any atom is 0.339 e. The monoisotopic (exact) mass is 397 g/mol. The average Bonchev–Trinajstić information content (AvgIpc) is 2.68. The zero-order valence-electron chi connectivity index (χ0n) is 15.2. The molecule has 0 unspecified atom stereocenters. The van der Waals surface area contributed by atoms with Crippen LogP contribution in [0, 0.1) is 5.82 Å². The van der Waals surface area contributed by atoms with Crippen LogP contribution in [-0.2, 0) is 11.2 Å². The van der Waals surface area contributed by atoms with E-state index in [0.717, 1.165) is 11.6 Å². The van der Waals surface area contributed by atoms with Crippen molar-refractivity contribution in [2.45, 2.75) is 13.3 Å². The molecule has 3 aromatic rings. The van der Waals surface area contributed by atoms with Crippen molar-refractivity contribution in [1.82, 2.24) is 15.8 Å². The van der Waals surface area contributed by atoms with E-state index >= 15 is 0 Å². The van der Waals surface area contributed by atoms with Crippen LogP contribution >= 0.6 is 0 Å². The number of pyridine rings is 1. The van der Waals surface area contributed by atoms with Crippen molar-refractivity contribution < 1.29 is 29.0 Å². The van der Waals surface area contributed by atoms with Crippen molar-refractivity contribution in [2.75, 3.05) is 0 Å². The molecule has 0 bridgehead atoms. The first-order valence-electron chi connectivity index (χ1n) is 8.45. The molecule has 0 saturated heterocycles. The molecule has 29 heavy (non-hydrogen) atoms. The first kappa shape index (κ1) is 19.7. The van der Waals surface area contributed by atoms with Gasteiger partial charge in [0.1, 0.15) is 16.9 Å². The second-order valence-corrected chi connectivity index (χ2v) is 6.30. The van der Waals surface area contributed by atoms with Crippen molar-refractivity contribution in [3.8, 4) is 5.75 Å². The molecule has 0 aliphatic carbocycles. The Kier molecular flexibility index (Phi) is 5.40. The lowest BCUT2D eigenvalue weighted by atomic mass is 9.99. The number of benzene rings is 2. The average molecular weight is 397 g/mol. The number of amides is 2. The highest BCUT2D eigenvalue weighted by atomic mass is 19.1. The number of carbonyl (C=O) groups is 3. The molecule has 0 aliphatic heterocycles. The molecule has 0 radical (unpaired) electrons. The number of nitrogens with zero attached hydrogens (tertiary/aromatic N) is 1. The summed E-state index contributed by atoms with van der Waals surface area (Å²) in [5.41, 5.74) is 5.09. The van der Waals surface area contributed by atoms with Gasteiger partial charge in [-0.05, 0) is 41.8 Å². The van der Waals surface area contributed by atoms with E-state index in [0.29, 0.717) is 12.0 Å². The van der Waals surface area contributed by atoms with Gasteiger partial charge in [0.25, 0.3) is 5.91 Å². The van der Waals surface area contributed by atoms with Gasteiger partial charge in [0.05, 0.1) is 5.56 Å². The summed E-state index contributed by atoms with van der Waals surface area (Å²) in [6.07, 6.45) is 1.81. The molecule has 0 atom stereocenters. The normalized spacial score (nSPS) is 10.6. The van der Waals surface area contributed by atoms with E-state index in [2.05, 4.69) is 15.8 Å². The van der Waals surface area contributed by atoms with Crippen molar-refractivity contribution in [2.24, 2.45) is 0 Å². The Bertz CT molecular complexity index is 1130. The van der Waals surface area contributed by atoms with Crippen LogP contribution in [0.2, 0.25) is 0 Å². The SMILES string of the molecule is CC(=O)NNC(=O)c1cc(C(=O)O)c(O)c2ncc(Cc3ccc(F)cc3)cc12. The predicted molar refractivity (Wildman–Crippen MR) is 101 cm³/mol. The number of rotatable bonds is 4. The molecule has 9 heteroatoms. The van der Waals surface area contributed by atoms with E-state index in [-0.39, 0.29) is 22.3 Å². The number of nitrogens with one attached hydrogen (secondary N) is 2. The zero-order valence-corrected chi connectivity index (χ0v) is 15.2. The smallest absolute Gasteiger partial charge is 0.339 e. The Balaban J connectivity index is 2.10. The quantitative estimate of drug-likeness (QED) is 0.500. The number of carbonyl (C=O) groups excluding carboxylic acids is 2. The first-order valence-corrected chi connectivity index (χ1v) is 8.45. The van der Waals surface area contributed by atoms with Crippen LogP contribution in [0.15, 0.2) is 42.6 Å². The minimum Gasteiger partial charge on any atom is -0.505 e. The molecular formula is C20H16FN3O5. The molecule has 0 saturated carbocycles. The van der Waals surface area contributed by atoms with Crippen molar-refractivity contribution in [1.29, 1.82) is 0 Å². The third-order valence-corrected chi connectivity index (χ3v) is 4.15. The van der Waals surface area contributed by atoms with Gasteiger partial charge < -0.3 is 10.2 Å². The molecule has 3 rings (SSSR count). The molecular weight excluding hydrogens is 381 g/mol. The number of hydrogen-bond acceptors (Lipinski definition) is 5. The highest BCUT2D eigenvalue weighted by Crippen LogP contribution is 2.31. The summed E-state index contributed by atoms with van der Waals surface area (Å²) in [5.74, 6) is -3.66. The number of aromatic nitrogens is 1. The molecule has 0 fully saturated rings. The van der Waals surface area contributed by atoms with Gasteiger partial charge in [0.2, 0.25) is 5.91 Å². The molecule has 148 valence electrons. The van der Waals surface area contributed by atoms with Crippen molar-refractivity contribution >= 4 is 28.7 Å². The minimum atomic E-state index is -1.44.